The molecular weight excluding hydrogens is 545 g/mol. The summed E-state index contributed by atoms with van der Waals surface area (Å²) in [4.78, 5) is 0. The highest BCUT2D eigenvalue weighted by Crippen LogP contribution is 2.62. The van der Waals surface area contributed by atoms with Crippen molar-refractivity contribution in [2.75, 3.05) is 0 Å². The van der Waals surface area contributed by atoms with Gasteiger partial charge in [0.1, 0.15) is 11.5 Å². The molecule has 0 saturated carbocycles. The Hall–Kier alpha value is -4.90. The number of rotatable bonds is 4. The van der Waals surface area contributed by atoms with Gasteiger partial charge in [-0.1, -0.05) is 145 Å². The van der Waals surface area contributed by atoms with Crippen molar-refractivity contribution in [1.29, 1.82) is 5.41 Å². The summed E-state index contributed by atoms with van der Waals surface area (Å²) in [6.07, 6.45) is 0. The average Bonchev–Trinajstić information content (AvgIpc) is 3.36. The summed E-state index contributed by atoms with van der Waals surface area (Å²) >= 11 is 1.36. The van der Waals surface area contributed by atoms with Gasteiger partial charge in [0.2, 0.25) is 0 Å². The van der Waals surface area contributed by atoms with E-state index in [1.54, 1.807) is 0 Å². The van der Waals surface area contributed by atoms with E-state index in [0.717, 1.165) is 39.3 Å². The molecule has 1 atom stereocenters. The van der Waals surface area contributed by atoms with E-state index in [1.807, 2.05) is 48.5 Å². The molecule has 1 aliphatic heterocycles. The van der Waals surface area contributed by atoms with Crippen LogP contribution >= 0.6 is 11.8 Å². The van der Waals surface area contributed by atoms with Crippen LogP contribution in [-0.4, -0.2) is 5.04 Å². The zero-order chi connectivity index (χ0) is 29.0. The Morgan fingerprint density at radius 3 is 1.84 bits per heavy atom. The zero-order valence-electron chi connectivity index (χ0n) is 23.3. The lowest BCUT2D eigenvalue weighted by Crippen LogP contribution is -2.32. The highest BCUT2D eigenvalue weighted by Gasteiger charge is 2.50. The first-order valence-corrected chi connectivity index (χ1v) is 15.3. The molecule has 206 valence electrons. The van der Waals surface area contributed by atoms with E-state index < -0.39 is 5.41 Å². The molecule has 6 aromatic carbocycles. The molecule has 1 aliphatic carbocycles. The van der Waals surface area contributed by atoms with Crippen molar-refractivity contribution >= 4 is 16.8 Å². The summed E-state index contributed by atoms with van der Waals surface area (Å²) in [5, 5.41) is 8.82. The van der Waals surface area contributed by atoms with Crippen LogP contribution in [0.15, 0.2) is 146 Å². The van der Waals surface area contributed by atoms with Crippen LogP contribution in [0.2, 0.25) is 0 Å². The molecule has 0 fully saturated rings. The second-order valence-electron chi connectivity index (χ2n) is 11.0. The molecular formula is C39H28N2OS. The summed E-state index contributed by atoms with van der Waals surface area (Å²) < 4.78 is 6.65. The van der Waals surface area contributed by atoms with Crippen molar-refractivity contribution in [3.05, 3.63) is 179 Å². The second kappa shape index (κ2) is 10.1. The Balaban J connectivity index is 1.19. The molecule has 0 bridgehead atoms. The number of benzene rings is 6. The van der Waals surface area contributed by atoms with Crippen molar-refractivity contribution in [1.82, 2.24) is 0 Å². The van der Waals surface area contributed by atoms with Gasteiger partial charge in [0, 0.05) is 16.7 Å². The van der Waals surface area contributed by atoms with Crippen LogP contribution in [0, 0.1) is 5.41 Å². The van der Waals surface area contributed by atoms with Crippen LogP contribution in [0.5, 0.6) is 11.5 Å². The summed E-state index contributed by atoms with van der Waals surface area (Å²) in [5.41, 5.74) is 17.3. The van der Waals surface area contributed by atoms with Crippen LogP contribution in [0.3, 0.4) is 0 Å². The van der Waals surface area contributed by atoms with E-state index in [1.165, 1.54) is 39.6 Å². The SMILES string of the molecule is N=C(SC(N)c1ccccc1)c1ccc(-c2ccc3c(c2)Oc2ccccc2C32c3ccccc3-c3ccccc32)cc1. The van der Waals surface area contributed by atoms with E-state index in [0.29, 0.717) is 5.04 Å². The maximum Gasteiger partial charge on any atom is 0.132 e. The average molecular weight is 573 g/mol. The molecule has 4 heteroatoms. The van der Waals surface area contributed by atoms with Crippen molar-refractivity contribution < 1.29 is 4.74 Å². The molecule has 1 unspecified atom stereocenters. The number of nitrogens with two attached hydrogens (primary N) is 1. The van der Waals surface area contributed by atoms with Crippen molar-refractivity contribution in [2.24, 2.45) is 5.73 Å². The molecule has 1 spiro atoms. The van der Waals surface area contributed by atoms with Gasteiger partial charge in [-0.3, -0.25) is 5.41 Å². The van der Waals surface area contributed by atoms with Gasteiger partial charge in [-0.05, 0) is 51.1 Å². The van der Waals surface area contributed by atoms with Gasteiger partial charge >= 0.3 is 0 Å². The van der Waals surface area contributed by atoms with E-state index in [-0.39, 0.29) is 5.37 Å². The Morgan fingerprint density at radius 2 is 1.14 bits per heavy atom. The van der Waals surface area contributed by atoms with Gasteiger partial charge in [-0.15, -0.1) is 0 Å². The number of nitrogens with one attached hydrogen (secondary N) is 1. The van der Waals surface area contributed by atoms with Crippen LogP contribution in [0.25, 0.3) is 22.3 Å². The lowest BCUT2D eigenvalue weighted by molar-refractivity contribution is 0.436. The third kappa shape index (κ3) is 3.98. The maximum absolute atomic E-state index is 8.65. The topological polar surface area (TPSA) is 59.1 Å². The van der Waals surface area contributed by atoms with Gasteiger partial charge in [-0.25, -0.2) is 0 Å². The molecule has 3 nitrogen and oxygen atoms in total. The summed E-state index contributed by atoms with van der Waals surface area (Å²) in [6.45, 7) is 0. The predicted octanol–water partition coefficient (Wildman–Crippen LogP) is 9.54. The van der Waals surface area contributed by atoms with E-state index in [9.17, 15) is 0 Å². The van der Waals surface area contributed by atoms with Gasteiger partial charge in [0.15, 0.2) is 0 Å². The van der Waals surface area contributed by atoms with Crippen LogP contribution < -0.4 is 10.5 Å². The Bertz CT molecular complexity index is 1970. The van der Waals surface area contributed by atoms with Crippen LogP contribution in [0.1, 0.15) is 38.8 Å². The Labute approximate surface area is 255 Å². The fourth-order valence-corrected chi connectivity index (χ4v) is 7.58. The Morgan fingerprint density at radius 1 is 0.581 bits per heavy atom. The number of thioether (sulfide) groups is 1. The summed E-state index contributed by atoms with van der Waals surface area (Å²) in [5.74, 6) is 1.75. The predicted molar refractivity (Wildman–Crippen MR) is 177 cm³/mol. The molecule has 1 heterocycles. The third-order valence-corrected chi connectivity index (χ3v) is 9.70. The minimum absolute atomic E-state index is 0.285. The van der Waals surface area contributed by atoms with Crippen LogP contribution in [0.4, 0.5) is 0 Å². The fraction of sp³-hybridized carbons (Fsp3) is 0.0513. The largest absolute Gasteiger partial charge is 0.457 e. The first-order chi connectivity index (χ1) is 21.1. The normalized spacial score (nSPS) is 14.2. The number of ether oxygens (including phenoxy) is 1. The van der Waals surface area contributed by atoms with Gasteiger partial charge in [0.25, 0.3) is 0 Å². The minimum atomic E-state index is -0.455. The molecule has 8 rings (SSSR count). The summed E-state index contributed by atoms with van der Waals surface area (Å²) in [7, 11) is 0. The van der Waals surface area contributed by atoms with Crippen molar-refractivity contribution in [3.8, 4) is 33.8 Å². The molecule has 3 N–H and O–H groups in total. The Kier molecular flexibility index (Phi) is 6.07. The third-order valence-electron chi connectivity index (χ3n) is 8.70. The van der Waals surface area contributed by atoms with Gasteiger partial charge in [-0.2, -0.15) is 0 Å². The number of fused-ring (bicyclic) bond motifs is 9. The maximum atomic E-state index is 8.65. The second-order valence-corrected chi connectivity index (χ2v) is 12.2. The molecule has 0 saturated heterocycles. The highest BCUT2D eigenvalue weighted by molar-refractivity contribution is 8.14. The standard InChI is InChI=1S/C39H28N2OS/c40-37(26-10-2-1-3-11-26)43-38(41)27-20-18-25(19-21-27)28-22-23-34-36(24-28)42-35-17-9-8-16-33(35)39(34)31-14-6-4-12-29(31)30-13-5-7-15-32(30)39/h1-24,37,41H,40H2. The molecule has 0 aromatic heterocycles. The van der Waals surface area contributed by atoms with E-state index >= 15 is 0 Å². The van der Waals surface area contributed by atoms with Crippen molar-refractivity contribution in [2.45, 2.75) is 10.8 Å². The van der Waals surface area contributed by atoms with Gasteiger partial charge in [0.05, 0.1) is 15.8 Å². The first-order valence-electron chi connectivity index (χ1n) is 14.4. The monoisotopic (exact) mass is 572 g/mol. The van der Waals surface area contributed by atoms with E-state index in [4.69, 9.17) is 15.9 Å². The molecule has 0 amide bonds. The molecule has 43 heavy (non-hydrogen) atoms. The molecule has 6 aromatic rings. The number of para-hydroxylation sites is 1. The smallest absolute Gasteiger partial charge is 0.132 e. The van der Waals surface area contributed by atoms with Crippen molar-refractivity contribution in [3.63, 3.8) is 0 Å². The minimum Gasteiger partial charge on any atom is -0.457 e. The molecule has 2 aliphatic rings. The number of hydrogen-bond donors (Lipinski definition) is 2. The number of hydrogen-bond acceptors (Lipinski definition) is 4. The lowest BCUT2D eigenvalue weighted by atomic mass is 9.66. The first kappa shape index (κ1) is 25.8. The lowest BCUT2D eigenvalue weighted by Gasteiger charge is -2.39. The molecule has 0 radical (unpaired) electrons. The zero-order valence-corrected chi connectivity index (χ0v) is 24.1. The van der Waals surface area contributed by atoms with Crippen LogP contribution in [-0.2, 0) is 5.41 Å². The van der Waals surface area contributed by atoms with Gasteiger partial charge < -0.3 is 10.5 Å². The fourth-order valence-electron chi connectivity index (χ4n) is 6.76. The highest BCUT2D eigenvalue weighted by atomic mass is 32.2. The summed E-state index contributed by atoms with van der Waals surface area (Å²) in [6, 6.07) is 50.7. The van der Waals surface area contributed by atoms with E-state index in [2.05, 4.69) is 97.1 Å². The quantitative estimate of drug-likeness (QED) is 0.125.